The number of ether oxygens (including phenoxy) is 1. The molecule has 0 aromatic carbocycles. The monoisotopic (exact) mass is 366 g/mol. The summed E-state index contributed by atoms with van der Waals surface area (Å²) in [6, 6.07) is 2.98. The van der Waals surface area contributed by atoms with E-state index in [2.05, 4.69) is 21.5 Å². The van der Waals surface area contributed by atoms with Gasteiger partial charge in [-0.2, -0.15) is 0 Å². The van der Waals surface area contributed by atoms with Crippen molar-refractivity contribution in [2.24, 2.45) is 0 Å². The standard InChI is InChI=1S/C19H18N4O4/c1-11-3-4-12(7-14(11)20)18-15(27-2)5-6-16(23-18)19(25,26)13-8-21-17(10-24)22-9-13/h3-9,20,24-26H,1,10H2,2H3. The number of pyridine rings is 1. The Kier molecular flexibility index (Phi) is 4.95. The first-order chi connectivity index (χ1) is 12.9. The van der Waals surface area contributed by atoms with E-state index in [0.29, 0.717) is 22.6 Å². The summed E-state index contributed by atoms with van der Waals surface area (Å²) in [5.74, 6) is -1.88. The first-order valence-corrected chi connectivity index (χ1v) is 7.97. The molecule has 3 rings (SSSR count). The van der Waals surface area contributed by atoms with Gasteiger partial charge in [0.1, 0.15) is 23.7 Å². The molecule has 8 nitrogen and oxygen atoms in total. The molecule has 0 bridgehead atoms. The third kappa shape index (κ3) is 3.54. The summed E-state index contributed by atoms with van der Waals surface area (Å²) >= 11 is 0. The Hall–Kier alpha value is -3.20. The quantitative estimate of drug-likeness (QED) is 0.582. The van der Waals surface area contributed by atoms with Gasteiger partial charge in [-0.1, -0.05) is 18.7 Å². The minimum atomic E-state index is -2.45. The SMILES string of the molecule is C=C1C=CC(c2nc(C(O)(O)c3cnc(CO)nc3)ccc2OC)=CC1=N. The fourth-order valence-electron chi connectivity index (χ4n) is 2.50. The minimum absolute atomic E-state index is 0.00222. The van der Waals surface area contributed by atoms with Crippen LogP contribution in [0, 0.1) is 5.41 Å². The Morgan fingerprint density at radius 3 is 2.48 bits per heavy atom. The molecular weight excluding hydrogens is 348 g/mol. The van der Waals surface area contributed by atoms with Crippen molar-refractivity contribution in [1.82, 2.24) is 15.0 Å². The predicted molar refractivity (Wildman–Crippen MR) is 97.9 cm³/mol. The zero-order valence-corrected chi connectivity index (χ0v) is 14.5. The van der Waals surface area contributed by atoms with Gasteiger partial charge in [-0.15, -0.1) is 0 Å². The number of aliphatic hydroxyl groups is 3. The van der Waals surface area contributed by atoms with Crippen LogP contribution in [-0.2, 0) is 12.4 Å². The molecule has 0 amide bonds. The number of allylic oxidation sites excluding steroid dienone is 5. The van der Waals surface area contributed by atoms with Crippen molar-refractivity contribution in [3.8, 4) is 5.75 Å². The van der Waals surface area contributed by atoms with Crippen molar-refractivity contribution in [1.29, 1.82) is 5.41 Å². The highest BCUT2D eigenvalue weighted by Gasteiger charge is 2.32. The molecule has 4 N–H and O–H groups in total. The van der Waals surface area contributed by atoms with Crippen molar-refractivity contribution >= 4 is 11.3 Å². The number of hydrogen-bond donors (Lipinski definition) is 4. The van der Waals surface area contributed by atoms with Crippen molar-refractivity contribution in [3.63, 3.8) is 0 Å². The highest BCUT2D eigenvalue weighted by Crippen LogP contribution is 2.32. The van der Waals surface area contributed by atoms with Crippen LogP contribution in [0.1, 0.15) is 22.8 Å². The van der Waals surface area contributed by atoms with E-state index in [1.807, 2.05) is 0 Å². The van der Waals surface area contributed by atoms with Crippen LogP contribution in [0.3, 0.4) is 0 Å². The Bertz CT molecular complexity index is 962. The number of nitrogens with zero attached hydrogens (tertiary/aromatic N) is 3. The third-order valence-electron chi connectivity index (χ3n) is 4.07. The van der Waals surface area contributed by atoms with E-state index in [1.165, 1.54) is 25.6 Å². The lowest BCUT2D eigenvalue weighted by atomic mass is 9.97. The lowest BCUT2D eigenvalue weighted by Gasteiger charge is -2.22. The second-order valence-corrected chi connectivity index (χ2v) is 5.84. The lowest BCUT2D eigenvalue weighted by Crippen LogP contribution is -2.29. The van der Waals surface area contributed by atoms with E-state index in [0.717, 1.165) is 0 Å². The van der Waals surface area contributed by atoms with E-state index < -0.39 is 5.79 Å². The van der Waals surface area contributed by atoms with Gasteiger partial charge in [0.25, 0.3) is 0 Å². The average Bonchev–Trinajstić information content (AvgIpc) is 2.69. The molecule has 0 atom stereocenters. The Balaban J connectivity index is 2.06. The van der Waals surface area contributed by atoms with Crippen molar-refractivity contribution in [3.05, 3.63) is 77.7 Å². The van der Waals surface area contributed by atoms with Crippen molar-refractivity contribution in [2.45, 2.75) is 12.4 Å². The van der Waals surface area contributed by atoms with Crippen LogP contribution in [0.25, 0.3) is 5.57 Å². The summed E-state index contributed by atoms with van der Waals surface area (Å²) in [7, 11) is 1.48. The van der Waals surface area contributed by atoms with Crippen molar-refractivity contribution in [2.75, 3.05) is 7.11 Å². The van der Waals surface area contributed by atoms with Gasteiger partial charge in [0, 0.05) is 18.0 Å². The molecule has 1 aliphatic carbocycles. The van der Waals surface area contributed by atoms with Crippen LogP contribution < -0.4 is 4.74 Å². The summed E-state index contributed by atoms with van der Waals surface area (Å²) in [5, 5.41) is 38.2. The van der Waals surface area contributed by atoms with E-state index in [9.17, 15) is 10.2 Å². The zero-order valence-electron chi connectivity index (χ0n) is 14.5. The molecular formula is C19H18N4O4. The van der Waals surface area contributed by atoms with E-state index in [4.69, 9.17) is 15.3 Å². The molecule has 0 spiro atoms. The summed E-state index contributed by atoms with van der Waals surface area (Å²) in [6.07, 6.45) is 7.41. The normalized spacial score (nSPS) is 14.3. The topological polar surface area (TPSA) is 132 Å². The van der Waals surface area contributed by atoms with E-state index in [-0.39, 0.29) is 29.4 Å². The third-order valence-corrected chi connectivity index (χ3v) is 4.07. The molecule has 2 heterocycles. The number of hydrogen-bond acceptors (Lipinski definition) is 8. The molecule has 0 fully saturated rings. The molecule has 1 aliphatic rings. The molecule has 0 aliphatic heterocycles. The molecule has 0 unspecified atom stereocenters. The van der Waals surface area contributed by atoms with Crippen LogP contribution >= 0.6 is 0 Å². The van der Waals surface area contributed by atoms with E-state index in [1.54, 1.807) is 24.3 Å². The number of aliphatic hydroxyl groups excluding tert-OH is 1. The smallest absolute Gasteiger partial charge is 0.237 e. The van der Waals surface area contributed by atoms with Gasteiger partial charge < -0.3 is 25.5 Å². The number of methoxy groups -OCH3 is 1. The van der Waals surface area contributed by atoms with Crippen LogP contribution in [0.5, 0.6) is 5.75 Å². The number of nitrogens with one attached hydrogen (secondary N) is 1. The van der Waals surface area contributed by atoms with Gasteiger partial charge in [-0.25, -0.2) is 15.0 Å². The van der Waals surface area contributed by atoms with Crippen LogP contribution in [-0.4, -0.2) is 43.1 Å². The van der Waals surface area contributed by atoms with Crippen LogP contribution in [0.4, 0.5) is 0 Å². The Morgan fingerprint density at radius 2 is 1.89 bits per heavy atom. The molecule has 0 saturated heterocycles. The highest BCUT2D eigenvalue weighted by molar-refractivity contribution is 6.14. The van der Waals surface area contributed by atoms with Gasteiger partial charge in [-0.3, -0.25) is 0 Å². The Labute approximate surface area is 155 Å². The fraction of sp³-hybridized carbons (Fsp3) is 0.158. The molecule has 0 radical (unpaired) electrons. The first kappa shape index (κ1) is 18.6. The second-order valence-electron chi connectivity index (χ2n) is 5.84. The Morgan fingerprint density at radius 1 is 1.19 bits per heavy atom. The van der Waals surface area contributed by atoms with Crippen LogP contribution in [0.2, 0.25) is 0 Å². The number of rotatable bonds is 5. The lowest BCUT2D eigenvalue weighted by molar-refractivity contribution is -0.135. The average molecular weight is 366 g/mol. The maximum absolute atomic E-state index is 10.6. The maximum atomic E-state index is 10.6. The molecule has 0 saturated carbocycles. The molecule has 27 heavy (non-hydrogen) atoms. The minimum Gasteiger partial charge on any atom is -0.494 e. The highest BCUT2D eigenvalue weighted by atomic mass is 16.5. The molecule has 2 aromatic rings. The molecule has 2 aromatic heterocycles. The van der Waals surface area contributed by atoms with Gasteiger partial charge >= 0.3 is 0 Å². The van der Waals surface area contributed by atoms with Gasteiger partial charge in [0.05, 0.1) is 18.4 Å². The van der Waals surface area contributed by atoms with E-state index >= 15 is 0 Å². The predicted octanol–water partition coefficient (Wildman–Crippen LogP) is 1.09. The molecule has 138 valence electrons. The van der Waals surface area contributed by atoms with Crippen LogP contribution in [0.15, 0.2) is 54.9 Å². The summed E-state index contributed by atoms with van der Waals surface area (Å²) in [6.45, 7) is 3.40. The van der Waals surface area contributed by atoms with Gasteiger partial charge in [0.2, 0.25) is 5.79 Å². The second kappa shape index (κ2) is 7.20. The fourth-order valence-corrected chi connectivity index (χ4v) is 2.50. The summed E-state index contributed by atoms with van der Waals surface area (Å²) in [4.78, 5) is 12.1. The molecule has 8 heteroatoms. The zero-order chi connectivity index (χ0) is 19.6. The van der Waals surface area contributed by atoms with Gasteiger partial charge in [0.15, 0.2) is 5.82 Å². The summed E-state index contributed by atoms with van der Waals surface area (Å²) < 4.78 is 5.32. The summed E-state index contributed by atoms with van der Waals surface area (Å²) in [5.41, 5.74) is 1.65. The van der Waals surface area contributed by atoms with Crippen molar-refractivity contribution < 1.29 is 20.1 Å². The maximum Gasteiger partial charge on any atom is 0.237 e. The first-order valence-electron chi connectivity index (χ1n) is 7.97. The van der Waals surface area contributed by atoms with Gasteiger partial charge in [-0.05, 0) is 23.8 Å². The number of aromatic nitrogens is 3. The largest absolute Gasteiger partial charge is 0.494 e.